The van der Waals surface area contributed by atoms with E-state index in [1.807, 2.05) is 18.2 Å². The third-order valence-corrected chi connectivity index (χ3v) is 3.75. The Morgan fingerprint density at radius 1 is 1.06 bits per heavy atom. The number of benzene rings is 1. The van der Waals surface area contributed by atoms with Crippen LogP contribution in [0.4, 0.5) is 0 Å². The van der Waals surface area contributed by atoms with Gasteiger partial charge in [0.2, 0.25) is 0 Å². The van der Waals surface area contributed by atoms with Gasteiger partial charge in [0.25, 0.3) is 0 Å². The summed E-state index contributed by atoms with van der Waals surface area (Å²) in [6, 6.07) is 8.00. The van der Waals surface area contributed by atoms with Gasteiger partial charge in [-0.25, -0.2) is 0 Å². The summed E-state index contributed by atoms with van der Waals surface area (Å²) in [4.78, 5) is 11.8. The summed E-state index contributed by atoms with van der Waals surface area (Å²) >= 11 is 3.25. The summed E-state index contributed by atoms with van der Waals surface area (Å²) in [7, 11) is 0. The smallest absolute Gasteiger partial charge is 0.173 e. The summed E-state index contributed by atoms with van der Waals surface area (Å²) in [6.07, 6.45) is 8.80. The van der Waals surface area contributed by atoms with Gasteiger partial charge in [-0.3, -0.25) is 4.79 Å². The van der Waals surface area contributed by atoms with Crippen LogP contribution in [-0.4, -0.2) is 11.1 Å². The van der Waals surface area contributed by atoms with Crippen LogP contribution in [0.5, 0.6) is 0 Å². The van der Waals surface area contributed by atoms with Crippen LogP contribution >= 0.6 is 15.9 Å². The summed E-state index contributed by atoms with van der Waals surface area (Å²) in [5.74, 6) is 0.191. The standard InChI is InChI=1S/C16H23BrO/c1-2-3-4-5-6-7-10-14-11-8-9-12-15(14)16(18)13-17/h8-9,11-12H,2-7,10,13H2,1H3. The van der Waals surface area contributed by atoms with E-state index in [9.17, 15) is 4.79 Å². The molecule has 0 aliphatic carbocycles. The van der Waals surface area contributed by atoms with Crippen LogP contribution in [0, 0.1) is 0 Å². The lowest BCUT2D eigenvalue weighted by Gasteiger charge is -2.07. The SMILES string of the molecule is CCCCCCCCc1ccccc1C(=O)CBr. The Kier molecular flexibility index (Phi) is 7.99. The Morgan fingerprint density at radius 2 is 1.72 bits per heavy atom. The highest BCUT2D eigenvalue weighted by atomic mass is 79.9. The lowest BCUT2D eigenvalue weighted by molar-refractivity contribution is 0.102. The molecule has 0 N–H and O–H groups in total. The fourth-order valence-corrected chi connectivity index (χ4v) is 2.48. The number of Topliss-reactive ketones (excluding diaryl/α,β-unsaturated/α-hetero) is 1. The molecule has 0 aromatic heterocycles. The first-order valence-corrected chi connectivity index (χ1v) is 8.08. The van der Waals surface area contributed by atoms with E-state index in [1.165, 1.54) is 44.1 Å². The lowest BCUT2D eigenvalue weighted by Crippen LogP contribution is -2.04. The molecule has 0 saturated heterocycles. The zero-order valence-corrected chi connectivity index (χ0v) is 12.8. The fourth-order valence-electron chi connectivity index (χ4n) is 2.18. The van der Waals surface area contributed by atoms with Gasteiger partial charge in [-0.15, -0.1) is 0 Å². The molecule has 0 atom stereocenters. The van der Waals surface area contributed by atoms with Gasteiger partial charge < -0.3 is 0 Å². The molecule has 0 amide bonds. The van der Waals surface area contributed by atoms with Crippen LogP contribution in [0.3, 0.4) is 0 Å². The molecule has 0 bridgehead atoms. The van der Waals surface area contributed by atoms with Gasteiger partial charge >= 0.3 is 0 Å². The summed E-state index contributed by atoms with van der Waals surface area (Å²) in [6.45, 7) is 2.24. The first kappa shape index (κ1) is 15.4. The van der Waals surface area contributed by atoms with Gasteiger partial charge in [-0.1, -0.05) is 79.2 Å². The van der Waals surface area contributed by atoms with Crippen molar-refractivity contribution in [3.63, 3.8) is 0 Å². The minimum atomic E-state index is 0.191. The molecular weight excluding hydrogens is 288 g/mol. The maximum atomic E-state index is 11.8. The van der Waals surface area contributed by atoms with Crippen LogP contribution in [0.1, 0.15) is 61.4 Å². The van der Waals surface area contributed by atoms with E-state index in [0.717, 1.165) is 12.0 Å². The van der Waals surface area contributed by atoms with Crippen LogP contribution in [0.2, 0.25) is 0 Å². The second-order valence-electron chi connectivity index (χ2n) is 4.73. The fraction of sp³-hybridized carbons (Fsp3) is 0.562. The van der Waals surface area contributed by atoms with E-state index >= 15 is 0 Å². The summed E-state index contributed by atoms with van der Waals surface area (Å²) < 4.78 is 0. The van der Waals surface area contributed by atoms with Crippen molar-refractivity contribution in [3.8, 4) is 0 Å². The van der Waals surface area contributed by atoms with Crippen molar-refractivity contribution in [2.24, 2.45) is 0 Å². The second-order valence-corrected chi connectivity index (χ2v) is 5.29. The molecule has 1 aromatic rings. The number of rotatable bonds is 9. The van der Waals surface area contributed by atoms with Crippen molar-refractivity contribution in [1.82, 2.24) is 0 Å². The first-order chi connectivity index (χ1) is 8.79. The minimum absolute atomic E-state index is 0.191. The Balaban J connectivity index is 2.39. The van der Waals surface area contributed by atoms with Crippen molar-refractivity contribution in [3.05, 3.63) is 35.4 Å². The van der Waals surface area contributed by atoms with E-state index < -0.39 is 0 Å². The second kappa shape index (κ2) is 9.32. The van der Waals surface area contributed by atoms with Crippen LogP contribution in [-0.2, 0) is 6.42 Å². The van der Waals surface area contributed by atoms with E-state index in [0.29, 0.717) is 5.33 Å². The zero-order valence-electron chi connectivity index (χ0n) is 11.3. The molecule has 0 heterocycles. The molecule has 0 radical (unpaired) electrons. The van der Waals surface area contributed by atoms with Crippen LogP contribution < -0.4 is 0 Å². The highest BCUT2D eigenvalue weighted by Crippen LogP contribution is 2.15. The van der Waals surface area contributed by atoms with Crippen molar-refractivity contribution < 1.29 is 4.79 Å². The molecule has 0 saturated carbocycles. The molecule has 0 spiro atoms. The molecule has 0 unspecified atom stereocenters. The summed E-state index contributed by atoms with van der Waals surface area (Å²) in [5, 5.41) is 0.417. The van der Waals surface area contributed by atoms with Gasteiger partial charge in [0.1, 0.15) is 0 Å². The maximum Gasteiger partial charge on any atom is 0.173 e. The number of alkyl halides is 1. The number of hydrogen-bond acceptors (Lipinski definition) is 1. The molecule has 1 nitrogen and oxygen atoms in total. The highest BCUT2D eigenvalue weighted by molar-refractivity contribution is 9.09. The predicted octanol–water partition coefficient (Wildman–Crippen LogP) is 5.17. The van der Waals surface area contributed by atoms with Crippen LogP contribution in [0.25, 0.3) is 0 Å². The van der Waals surface area contributed by atoms with Crippen molar-refractivity contribution in [2.75, 3.05) is 5.33 Å². The van der Waals surface area contributed by atoms with Gasteiger partial charge in [0, 0.05) is 5.56 Å². The van der Waals surface area contributed by atoms with Crippen molar-refractivity contribution >= 4 is 21.7 Å². The number of ketones is 1. The van der Waals surface area contributed by atoms with E-state index in [1.54, 1.807) is 0 Å². The Hall–Kier alpha value is -0.630. The number of hydrogen-bond donors (Lipinski definition) is 0. The predicted molar refractivity (Wildman–Crippen MR) is 81.6 cm³/mol. The zero-order chi connectivity index (χ0) is 13.2. The Morgan fingerprint density at radius 3 is 2.44 bits per heavy atom. The molecule has 0 aliphatic heterocycles. The molecule has 1 aromatic carbocycles. The van der Waals surface area contributed by atoms with Crippen LogP contribution in [0.15, 0.2) is 24.3 Å². The lowest BCUT2D eigenvalue weighted by atomic mass is 9.98. The highest BCUT2D eigenvalue weighted by Gasteiger charge is 2.08. The third-order valence-electron chi connectivity index (χ3n) is 3.24. The van der Waals surface area contributed by atoms with E-state index in [4.69, 9.17) is 0 Å². The van der Waals surface area contributed by atoms with Crippen molar-refractivity contribution in [2.45, 2.75) is 51.9 Å². The van der Waals surface area contributed by atoms with E-state index in [-0.39, 0.29) is 5.78 Å². The molecule has 0 aliphatic rings. The number of carbonyl (C=O) groups is 1. The summed E-state index contributed by atoms with van der Waals surface area (Å²) in [5.41, 5.74) is 2.10. The van der Waals surface area contributed by atoms with Gasteiger partial charge in [0.15, 0.2) is 5.78 Å². The number of carbonyl (C=O) groups excluding carboxylic acids is 1. The van der Waals surface area contributed by atoms with E-state index in [2.05, 4.69) is 28.9 Å². The average molecular weight is 311 g/mol. The molecule has 100 valence electrons. The van der Waals surface area contributed by atoms with Gasteiger partial charge in [0.05, 0.1) is 5.33 Å². The number of halogens is 1. The molecular formula is C16H23BrO. The quantitative estimate of drug-likeness (QED) is 0.349. The van der Waals surface area contributed by atoms with Crippen molar-refractivity contribution in [1.29, 1.82) is 0 Å². The number of unbranched alkanes of at least 4 members (excludes halogenated alkanes) is 5. The largest absolute Gasteiger partial charge is 0.293 e. The average Bonchev–Trinajstić information content (AvgIpc) is 2.42. The maximum absolute atomic E-state index is 11.8. The molecule has 0 fully saturated rings. The van der Waals surface area contributed by atoms with Gasteiger partial charge in [-0.05, 0) is 18.4 Å². The molecule has 2 heteroatoms. The topological polar surface area (TPSA) is 17.1 Å². The minimum Gasteiger partial charge on any atom is -0.293 e. The monoisotopic (exact) mass is 310 g/mol. The molecule has 18 heavy (non-hydrogen) atoms. The third kappa shape index (κ3) is 5.34. The molecule has 1 rings (SSSR count). The first-order valence-electron chi connectivity index (χ1n) is 6.96. The normalized spacial score (nSPS) is 10.6. The van der Waals surface area contributed by atoms with Gasteiger partial charge in [-0.2, -0.15) is 0 Å². The Labute approximate surface area is 119 Å². The Bertz CT molecular complexity index is 360. The number of aryl methyl sites for hydroxylation is 1.